The fourth-order valence-electron chi connectivity index (χ4n) is 1.62. The molecule has 0 spiro atoms. The number of aliphatic carboxylic acids is 1. The lowest BCUT2D eigenvalue weighted by Crippen LogP contribution is -2.38. The van der Waals surface area contributed by atoms with E-state index in [4.69, 9.17) is 10.2 Å². The Morgan fingerprint density at radius 2 is 2.21 bits per heavy atom. The molecule has 6 nitrogen and oxygen atoms in total. The number of hydrogen-bond donors (Lipinski definition) is 2. The van der Waals surface area contributed by atoms with E-state index >= 15 is 0 Å². The zero-order valence-corrected chi connectivity index (χ0v) is 10.8. The third kappa shape index (κ3) is 4.67. The Morgan fingerprint density at radius 1 is 1.47 bits per heavy atom. The second-order valence-corrected chi connectivity index (χ2v) is 4.31. The van der Waals surface area contributed by atoms with Crippen molar-refractivity contribution in [2.45, 2.75) is 13.3 Å². The second-order valence-electron chi connectivity index (χ2n) is 4.31. The average Bonchev–Trinajstić information content (AvgIpc) is 2.43. The van der Waals surface area contributed by atoms with Gasteiger partial charge in [-0.15, -0.1) is 0 Å². The molecule has 0 aliphatic rings. The van der Waals surface area contributed by atoms with Crippen molar-refractivity contribution in [3.63, 3.8) is 0 Å². The van der Waals surface area contributed by atoms with Gasteiger partial charge in [-0.25, -0.2) is 0 Å². The number of aromatic nitrogens is 1. The quantitative estimate of drug-likeness (QED) is 0.755. The van der Waals surface area contributed by atoms with E-state index in [1.165, 1.54) is 11.1 Å². The Kier molecular flexibility index (Phi) is 5.95. The third-order valence-corrected chi connectivity index (χ3v) is 2.70. The summed E-state index contributed by atoms with van der Waals surface area (Å²) in [6.45, 7) is 1.94. The van der Waals surface area contributed by atoms with Crippen LogP contribution in [-0.2, 0) is 4.79 Å². The SMILES string of the molecule is CC(CN(CCCO)C(=O)c1cccnc1)C(=O)O. The molecule has 0 bridgehead atoms. The lowest BCUT2D eigenvalue weighted by molar-refractivity contribution is -0.141. The first-order valence-corrected chi connectivity index (χ1v) is 6.09. The van der Waals surface area contributed by atoms with Crippen LogP contribution in [0.25, 0.3) is 0 Å². The molecule has 0 aliphatic carbocycles. The molecule has 0 fully saturated rings. The molecule has 1 amide bonds. The topological polar surface area (TPSA) is 90.7 Å². The summed E-state index contributed by atoms with van der Waals surface area (Å²) >= 11 is 0. The van der Waals surface area contributed by atoms with E-state index in [-0.39, 0.29) is 19.1 Å². The van der Waals surface area contributed by atoms with Gasteiger partial charge in [0.1, 0.15) is 0 Å². The Hall–Kier alpha value is -1.95. The molecule has 1 unspecified atom stereocenters. The minimum Gasteiger partial charge on any atom is -0.481 e. The molecule has 104 valence electrons. The van der Waals surface area contributed by atoms with Crippen LogP contribution >= 0.6 is 0 Å². The third-order valence-electron chi connectivity index (χ3n) is 2.70. The van der Waals surface area contributed by atoms with Crippen molar-refractivity contribution in [2.75, 3.05) is 19.7 Å². The first kappa shape index (κ1) is 15.1. The summed E-state index contributed by atoms with van der Waals surface area (Å²) in [7, 11) is 0. The summed E-state index contributed by atoms with van der Waals surface area (Å²) in [5, 5.41) is 17.8. The number of carboxylic acid groups (broad SMARTS) is 1. The number of nitrogens with zero attached hydrogens (tertiary/aromatic N) is 2. The Labute approximate surface area is 111 Å². The number of amides is 1. The molecule has 0 aliphatic heterocycles. The summed E-state index contributed by atoms with van der Waals surface area (Å²) in [4.78, 5) is 28.4. The van der Waals surface area contributed by atoms with Crippen molar-refractivity contribution in [1.82, 2.24) is 9.88 Å². The van der Waals surface area contributed by atoms with E-state index in [0.29, 0.717) is 18.5 Å². The number of rotatable bonds is 7. The summed E-state index contributed by atoms with van der Waals surface area (Å²) in [6.07, 6.45) is 3.42. The first-order valence-electron chi connectivity index (χ1n) is 6.09. The normalized spacial score (nSPS) is 11.9. The number of carbonyl (C=O) groups is 2. The second kappa shape index (κ2) is 7.48. The molecule has 2 N–H and O–H groups in total. The van der Waals surface area contributed by atoms with Crippen molar-refractivity contribution < 1.29 is 19.8 Å². The molecule has 0 saturated heterocycles. The van der Waals surface area contributed by atoms with Crippen LogP contribution in [0.4, 0.5) is 0 Å². The summed E-state index contributed by atoms with van der Waals surface area (Å²) in [5.41, 5.74) is 0.415. The minimum absolute atomic E-state index is 0.0434. The Morgan fingerprint density at radius 3 is 2.74 bits per heavy atom. The Balaban J connectivity index is 2.78. The molecule has 1 aromatic heterocycles. The lowest BCUT2D eigenvalue weighted by Gasteiger charge is -2.24. The van der Waals surface area contributed by atoms with E-state index in [1.54, 1.807) is 25.3 Å². The van der Waals surface area contributed by atoms with Gasteiger partial charge in [0.2, 0.25) is 0 Å². The van der Waals surface area contributed by atoms with Crippen LogP contribution in [0.2, 0.25) is 0 Å². The highest BCUT2D eigenvalue weighted by Gasteiger charge is 2.21. The van der Waals surface area contributed by atoms with Gasteiger partial charge in [-0.3, -0.25) is 14.6 Å². The van der Waals surface area contributed by atoms with Crippen LogP contribution in [0.15, 0.2) is 24.5 Å². The molecule has 6 heteroatoms. The van der Waals surface area contributed by atoms with Crippen LogP contribution in [-0.4, -0.2) is 51.7 Å². The summed E-state index contributed by atoms with van der Waals surface area (Å²) in [5.74, 6) is -1.87. The number of aliphatic hydroxyl groups excluding tert-OH is 1. The predicted molar refractivity (Wildman–Crippen MR) is 68.6 cm³/mol. The number of carboxylic acids is 1. The standard InChI is InChI=1S/C13H18N2O4/c1-10(13(18)19)9-15(6-3-7-16)12(17)11-4-2-5-14-8-11/h2,4-5,8,10,16H,3,6-7,9H2,1H3,(H,18,19). The summed E-state index contributed by atoms with van der Waals surface area (Å²) < 4.78 is 0. The van der Waals surface area contributed by atoms with Crippen LogP contribution in [0.5, 0.6) is 0 Å². The van der Waals surface area contributed by atoms with Crippen LogP contribution in [0, 0.1) is 5.92 Å². The smallest absolute Gasteiger partial charge is 0.308 e. The maximum Gasteiger partial charge on any atom is 0.308 e. The van der Waals surface area contributed by atoms with E-state index in [1.807, 2.05) is 0 Å². The van der Waals surface area contributed by atoms with Crippen molar-refractivity contribution in [1.29, 1.82) is 0 Å². The predicted octanol–water partition coefficient (Wildman–Crippen LogP) is 0.627. The van der Waals surface area contributed by atoms with E-state index in [2.05, 4.69) is 4.98 Å². The summed E-state index contributed by atoms with van der Waals surface area (Å²) in [6, 6.07) is 3.28. The van der Waals surface area contributed by atoms with Gasteiger partial charge in [0.25, 0.3) is 5.91 Å². The molecular weight excluding hydrogens is 248 g/mol. The van der Waals surface area contributed by atoms with E-state index in [0.717, 1.165) is 0 Å². The fraction of sp³-hybridized carbons (Fsp3) is 0.462. The first-order chi connectivity index (χ1) is 9.06. The highest BCUT2D eigenvalue weighted by molar-refractivity contribution is 5.94. The Bertz CT molecular complexity index is 422. The van der Waals surface area contributed by atoms with Crippen LogP contribution in [0.3, 0.4) is 0 Å². The zero-order chi connectivity index (χ0) is 14.3. The van der Waals surface area contributed by atoms with Crippen molar-refractivity contribution in [3.8, 4) is 0 Å². The minimum atomic E-state index is -0.951. The molecule has 1 atom stereocenters. The van der Waals surface area contributed by atoms with Gasteiger partial charge < -0.3 is 15.1 Å². The maximum atomic E-state index is 12.2. The average molecular weight is 266 g/mol. The highest BCUT2D eigenvalue weighted by atomic mass is 16.4. The monoisotopic (exact) mass is 266 g/mol. The van der Waals surface area contributed by atoms with Gasteiger partial charge in [-0.2, -0.15) is 0 Å². The number of carbonyl (C=O) groups excluding carboxylic acids is 1. The largest absolute Gasteiger partial charge is 0.481 e. The van der Waals surface area contributed by atoms with Crippen molar-refractivity contribution >= 4 is 11.9 Å². The molecule has 19 heavy (non-hydrogen) atoms. The van der Waals surface area contributed by atoms with Gasteiger partial charge in [-0.1, -0.05) is 6.92 Å². The molecule has 0 aromatic carbocycles. The van der Waals surface area contributed by atoms with Gasteiger partial charge in [0.15, 0.2) is 0 Å². The lowest BCUT2D eigenvalue weighted by atomic mass is 10.1. The number of pyridine rings is 1. The van der Waals surface area contributed by atoms with Gasteiger partial charge >= 0.3 is 5.97 Å². The number of hydrogen-bond acceptors (Lipinski definition) is 4. The van der Waals surface area contributed by atoms with E-state index < -0.39 is 11.9 Å². The van der Waals surface area contributed by atoms with Gasteiger partial charge in [0.05, 0.1) is 11.5 Å². The van der Waals surface area contributed by atoms with Gasteiger partial charge in [-0.05, 0) is 18.6 Å². The number of aliphatic hydroxyl groups is 1. The van der Waals surface area contributed by atoms with Crippen LogP contribution < -0.4 is 0 Å². The molecule has 0 radical (unpaired) electrons. The zero-order valence-electron chi connectivity index (χ0n) is 10.8. The fourth-order valence-corrected chi connectivity index (χ4v) is 1.62. The van der Waals surface area contributed by atoms with Crippen molar-refractivity contribution in [3.05, 3.63) is 30.1 Å². The molecule has 1 aromatic rings. The molecule has 1 heterocycles. The van der Waals surface area contributed by atoms with Gasteiger partial charge in [0, 0.05) is 32.1 Å². The van der Waals surface area contributed by atoms with Crippen LogP contribution in [0.1, 0.15) is 23.7 Å². The molecule has 0 saturated carbocycles. The highest BCUT2D eigenvalue weighted by Crippen LogP contribution is 2.08. The molecular formula is C13H18N2O4. The molecule has 1 rings (SSSR count). The maximum absolute atomic E-state index is 12.2. The van der Waals surface area contributed by atoms with Crippen molar-refractivity contribution in [2.24, 2.45) is 5.92 Å². The van der Waals surface area contributed by atoms with E-state index in [9.17, 15) is 9.59 Å².